The van der Waals surface area contributed by atoms with E-state index in [4.69, 9.17) is 12.2 Å². The van der Waals surface area contributed by atoms with E-state index in [0.29, 0.717) is 4.64 Å². The van der Waals surface area contributed by atoms with Crippen LogP contribution in [0.25, 0.3) is 10.4 Å². The smallest absolute Gasteiger partial charge is 0.189 e. The Kier molecular flexibility index (Phi) is 3.02. The number of rotatable bonds is 1. The lowest BCUT2D eigenvalue weighted by molar-refractivity contribution is 0.651. The standard InChI is InChI=1S/C14H12N2S2/c15-9-16-12-5-2-1-4-10(12)11(8-14(16)17)13-6-3-7-18-13/h3,6-8H,1-2,4-5H2. The van der Waals surface area contributed by atoms with Crippen LogP contribution in [0.4, 0.5) is 0 Å². The molecule has 2 heterocycles. The van der Waals surface area contributed by atoms with Crippen LogP contribution in [0, 0.1) is 16.1 Å². The van der Waals surface area contributed by atoms with Gasteiger partial charge in [0.15, 0.2) is 6.19 Å². The molecule has 90 valence electrons. The molecule has 0 fully saturated rings. The van der Waals surface area contributed by atoms with Gasteiger partial charge in [0.2, 0.25) is 0 Å². The summed E-state index contributed by atoms with van der Waals surface area (Å²) < 4.78 is 2.25. The second-order valence-corrected chi connectivity index (χ2v) is 5.81. The van der Waals surface area contributed by atoms with Gasteiger partial charge in [-0.2, -0.15) is 5.26 Å². The average molecular weight is 272 g/mol. The van der Waals surface area contributed by atoms with Gasteiger partial charge >= 0.3 is 0 Å². The number of thiophene rings is 1. The van der Waals surface area contributed by atoms with Gasteiger partial charge in [-0.3, -0.25) is 0 Å². The van der Waals surface area contributed by atoms with Gasteiger partial charge in [-0.25, -0.2) is 4.57 Å². The summed E-state index contributed by atoms with van der Waals surface area (Å²) >= 11 is 7.08. The highest BCUT2D eigenvalue weighted by molar-refractivity contribution is 7.71. The number of pyridine rings is 1. The van der Waals surface area contributed by atoms with Crippen molar-refractivity contribution in [3.8, 4) is 16.6 Å². The number of nitriles is 1. The summed E-state index contributed by atoms with van der Waals surface area (Å²) in [7, 11) is 0. The van der Waals surface area contributed by atoms with E-state index in [9.17, 15) is 5.26 Å². The largest absolute Gasteiger partial charge is 0.241 e. The molecular formula is C14H12N2S2. The van der Waals surface area contributed by atoms with Crippen molar-refractivity contribution in [2.75, 3.05) is 0 Å². The van der Waals surface area contributed by atoms with E-state index in [-0.39, 0.29) is 0 Å². The number of nitrogens with zero attached hydrogens (tertiary/aromatic N) is 2. The van der Waals surface area contributed by atoms with Crippen LogP contribution in [0.5, 0.6) is 0 Å². The molecule has 0 N–H and O–H groups in total. The van der Waals surface area contributed by atoms with Crippen molar-refractivity contribution in [2.24, 2.45) is 0 Å². The zero-order valence-electron chi connectivity index (χ0n) is 9.85. The molecule has 0 radical (unpaired) electrons. The Hall–Kier alpha value is -1.44. The van der Waals surface area contributed by atoms with E-state index in [1.807, 2.05) is 6.07 Å². The minimum absolute atomic E-state index is 0.626. The lowest BCUT2D eigenvalue weighted by Gasteiger charge is -2.21. The van der Waals surface area contributed by atoms with Crippen LogP contribution >= 0.6 is 23.6 Å². The maximum absolute atomic E-state index is 9.24. The molecule has 0 atom stereocenters. The quantitative estimate of drug-likeness (QED) is 0.729. The summed E-state index contributed by atoms with van der Waals surface area (Å²) in [5, 5.41) is 11.3. The molecular weight excluding hydrogens is 260 g/mol. The van der Waals surface area contributed by atoms with E-state index in [2.05, 4.69) is 23.7 Å². The highest BCUT2D eigenvalue weighted by atomic mass is 32.1. The summed E-state index contributed by atoms with van der Waals surface area (Å²) in [6.45, 7) is 0. The van der Waals surface area contributed by atoms with E-state index in [0.717, 1.165) is 25.0 Å². The third-order valence-electron chi connectivity index (χ3n) is 3.41. The van der Waals surface area contributed by atoms with Crippen molar-refractivity contribution in [3.63, 3.8) is 0 Å². The van der Waals surface area contributed by atoms with Crippen LogP contribution < -0.4 is 0 Å². The molecule has 1 aliphatic carbocycles. The normalized spacial score (nSPS) is 13.9. The van der Waals surface area contributed by atoms with Gasteiger partial charge < -0.3 is 0 Å². The zero-order valence-corrected chi connectivity index (χ0v) is 11.5. The molecule has 2 nitrogen and oxygen atoms in total. The maximum atomic E-state index is 9.24. The molecule has 18 heavy (non-hydrogen) atoms. The molecule has 0 bridgehead atoms. The second-order valence-electron chi connectivity index (χ2n) is 4.44. The molecule has 0 unspecified atom stereocenters. The van der Waals surface area contributed by atoms with Crippen LogP contribution in [0.3, 0.4) is 0 Å². The summed E-state index contributed by atoms with van der Waals surface area (Å²) in [6, 6.07) is 6.17. The van der Waals surface area contributed by atoms with Crippen LogP contribution in [0.2, 0.25) is 0 Å². The van der Waals surface area contributed by atoms with Crippen LogP contribution in [-0.2, 0) is 12.8 Å². The maximum Gasteiger partial charge on any atom is 0.189 e. The van der Waals surface area contributed by atoms with Crippen LogP contribution in [0.15, 0.2) is 23.6 Å². The molecule has 2 aromatic rings. The van der Waals surface area contributed by atoms with Crippen LogP contribution in [-0.4, -0.2) is 4.57 Å². The fraction of sp³-hybridized carbons (Fsp3) is 0.286. The lowest BCUT2D eigenvalue weighted by Crippen LogP contribution is -2.13. The summed E-state index contributed by atoms with van der Waals surface area (Å²) in [6.07, 6.45) is 6.58. The SMILES string of the molecule is N#Cn1c2c(c(-c3cccs3)cc1=S)CCCC2. The first-order chi connectivity index (χ1) is 8.81. The molecule has 4 heteroatoms. The highest BCUT2D eigenvalue weighted by Gasteiger charge is 2.18. The van der Waals surface area contributed by atoms with Crippen molar-refractivity contribution >= 4 is 23.6 Å². The van der Waals surface area contributed by atoms with E-state index in [1.54, 1.807) is 15.9 Å². The van der Waals surface area contributed by atoms with Gasteiger partial charge in [0, 0.05) is 10.6 Å². The molecule has 0 spiro atoms. The first-order valence-electron chi connectivity index (χ1n) is 6.03. The third-order valence-corrected chi connectivity index (χ3v) is 4.61. The minimum Gasteiger partial charge on any atom is -0.241 e. The summed E-state index contributed by atoms with van der Waals surface area (Å²) in [5.74, 6) is 0. The Labute approximate surface area is 115 Å². The van der Waals surface area contributed by atoms with Crippen molar-refractivity contribution in [1.82, 2.24) is 4.57 Å². The Morgan fingerprint density at radius 2 is 2.17 bits per heavy atom. The summed E-state index contributed by atoms with van der Waals surface area (Å²) in [5.41, 5.74) is 3.68. The number of hydrogen-bond acceptors (Lipinski definition) is 3. The van der Waals surface area contributed by atoms with E-state index >= 15 is 0 Å². The fourth-order valence-electron chi connectivity index (χ4n) is 2.60. The molecule has 1 aliphatic rings. The summed E-state index contributed by atoms with van der Waals surface area (Å²) in [4.78, 5) is 1.25. The van der Waals surface area contributed by atoms with Gasteiger partial charge in [-0.15, -0.1) is 11.3 Å². The van der Waals surface area contributed by atoms with Gasteiger partial charge in [-0.1, -0.05) is 18.3 Å². The average Bonchev–Trinajstić information content (AvgIpc) is 2.91. The highest BCUT2D eigenvalue weighted by Crippen LogP contribution is 2.34. The topological polar surface area (TPSA) is 28.7 Å². The third kappa shape index (κ3) is 1.80. The molecule has 2 aromatic heterocycles. The number of fused-ring (bicyclic) bond motifs is 1. The number of aromatic nitrogens is 1. The zero-order chi connectivity index (χ0) is 12.5. The van der Waals surface area contributed by atoms with Crippen molar-refractivity contribution in [2.45, 2.75) is 25.7 Å². The molecule has 3 rings (SSSR count). The van der Waals surface area contributed by atoms with Gasteiger partial charge in [0.05, 0.1) is 0 Å². The fourth-order valence-corrected chi connectivity index (χ4v) is 3.63. The Morgan fingerprint density at radius 3 is 2.89 bits per heavy atom. The minimum atomic E-state index is 0.626. The van der Waals surface area contributed by atoms with Crippen molar-refractivity contribution in [1.29, 1.82) is 5.26 Å². The molecule has 0 saturated heterocycles. The van der Waals surface area contributed by atoms with Gasteiger partial charge in [-0.05, 0) is 54.3 Å². The Bertz CT molecular complexity index is 675. The van der Waals surface area contributed by atoms with E-state index in [1.165, 1.54) is 22.4 Å². The predicted octanol–water partition coefficient (Wildman–Crippen LogP) is 4.15. The van der Waals surface area contributed by atoms with Gasteiger partial charge in [0.25, 0.3) is 0 Å². The number of hydrogen-bond donors (Lipinski definition) is 0. The Morgan fingerprint density at radius 1 is 1.33 bits per heavy atom. The molecule has 0 aromatic carbocycles. The lowest BCUT2D eigenvalue weighted by atomic mass is 9.91. The first kappa shape index (κ1) is 11.6. The molecule has 0 aliphatic heterocycles. The first-order valence-corrected chi connectivity index (χ1v) is 7.32. The molecule has 0 amide bonds. The Balaban J connectivity index is 2.32. The molecule has 0 saturated carbocycles. The van der Waals surface area contributed by atoms with Crippen LogP contribution in [0.1, 0.15) is 24.1 Å². The monoisotopic (exact) mass is 272 g/mol. The van der Waals surface area contributed by atoms with Crippen molar-refractivity contribution in [3.05, 3.63) is 39.5 Å². The second kappa shape index (κ2) is 4.68. The van der Waals surface area contributed by atoms with E-state index < -0.39 is 0 Å². The predicted molar refractivity (Wildman–Crippen MR) is 76.2 cm³/mol. The van der Waals surface area contributed by atoms with Crippen molar-refractivity contribution < 1.29 is 0 Å². The van der Waals surface area contributed by atoms with Gasteiger partial charge in [0.1, 0.15) is 4.64 Å².